The molecule has 13 heavy (non-hydrogen) atoms. The predicted molar refractivity (Wildman–Crippen MR) is 55.7 cm³/mol. The molecular formula is C12H15N. The zero-order valence-electron chi connectivity index (χ0n) is 8.25. The minimum Gasteiger partial charge on any atom is -0.264 e. The van der Waals surface area contributed by atoms with Crippen LogP contribution in [-0.4, -0.2) is 4.98 Å². The van der Waals surface area contributed by atoms with Crippen molar-refractivity contribution in [1.82, 2.24) is 4.98 Å². The van der Waals surface area contributed by atoms with Crippen molar-refractivity contribution in [2.24, 2.45) is 0 Å². The fourth-order valence-corrected chi connectivity index (χ4v) is 2.13. The molecule has 0 saturated heterocycles. The molecule has 0 radical (unpaired) electrons. The lowest BCUT2D eigenvalue weighted by atomic mass is 9.84. The summed E-state index contributed by atoms with van der Waals surface area (Å²) in [4.78, 5) is 4.22. The second kappa shape index (κ2) is 3.33. The SMILES string of the molecule is CCC1CC=Cc2cncc(C)c21. The Bertz CT molecular complexity index is 339. The van der Waals surface area contributed by atoms with Crippen molar-refractivity contribution in [1.29, 1.82) is 0 Å². The summed E-state index contributed by atoms with van der Waals surface area (Å²) in [6.07, 6.45) is 10.8. The highest BCUT2D eigenvalue weighted by molar-refractivity contribution is 5.58. The molecule has 0 aliphatic heterocycles. The number of aromatic nitrogens is 1. The van der Waals surface area contributed by atoms with Gasteiger partial charge in [0.25, 0.3) is 0 Å². The molecule has 1 unspecified atom stereocenters. The topological polar surface area (TPSA) is 12.9 Å². The van der Waals surface area contributed by atoms with E-state index in [4.69, 9.17) is 0 Å². The molecular weight excluding hydrogens is 158 g/mol. The summed E-state index contributed by atoms with van der Waals surface area (Å²) in [6.45, 7) is 4.42. The number of fused-ring (bicyclic) bond motifs is 1. The highest BCUT2D eigenvalue weighted by Gasteiger charge is 2.16. The van der Waals surface area contributed by atoms with Crippen LogP contribution in [0.2, 0.25) is 0 Å². The van der Waals surface area contributed by atoms with E-state index in [-0.39, 0.29) is 0 Å². The molecule has 68 valence electrons. The molecule has 0 amide bonds. The third-order valence-electron chi connectivity index (χ3n) is 2.84. The lowest BCUT2D eigenvalue weighted by molar-refractivity contribution is 0.662. The van der Waals surface area contributed by atoms with Gasteiger partial charge >= 0.3 is 0 Å². The fourth-order valence-electron chi connectivity index (χ4n) is 2.13. The maximum absolute atomic E-state index is 4.22. The van der Waals surface area contributed by atoms with Gasteiger partial charge in [0.1, 0.15) is 0 Å². The van der Waals surface area contributed by atoms with Gasteiger partial charge in [-0.2, -0.15) is 0 Å². The summed E-state index contributed by atoms with van der Waals surface area (Å²) in [5.41, 5.74) is 4.17. The van der Waals surface area contributed by atoms with Gasteiger partial charge in [0, 0.05) is 12.4 Å². The number of rotatable bonds is 1. The molecule has 1 aliphatic carbocycles. The average Bonchev–Trinajstić information content (AvgIpc) is 2.17. The van der Waals surface area contributed by atoms with Crippen molar-refractivity contribution < 1.29 is 0 Å². The van der Waals surface area contributed by atoms with Gasteiger partial charge in [-0.1, -0.05) is 19.1 Å². The number of allylic oxidation sites excluding steroid dienone is 1. The summed E-state index contributed by atoms with van der Waals surface area (Å²) < 4.78 is 0. The van der Waals surface area contributed by atoms with E-state index < -0.39 is 0 Å². The van der Waals surface area contributed by atoms with Gasteiger partial charge < -0.3 is 0 Å². The van der Waals surface area contributed by atoms with E-state index in [2.05, 4.69) is 31.0 Å². The van der Waals surface area contributed by atoms with E-state index in [0.29, 0.717) is 5.92 Å². The van der Waals surface area contributed by atoms with Crippen molar-refractivity contribution >= 4 is 6.08 Å². The maximum Gasteiger partial charge on any atom is 0.0343 e. The third kappa shape index (κ3) is 1.39. The van der Waals surface area contributed by atoms with Crippen molar-refractivity contribution in [2.75, 3.05) is 0 Å². The van der Waals surface area contributed by atoms with Gasteiger partial charge in [-0.3, -0.25) is 4.98 Å². The van der Waals surface area contributed by atoms with Crippen LogP contribution in [-0.2, 0) is 0 Å². The number of pyridine rings is 1. The number of hydrogen-bond acceptors (Lipinski definition) is 1. The van der Waals surface area contributed by atoms with Gasteiger partial charge in [0.15, 0.2) is 0 Å². The van der Waals surface area contributed by atoms with Gasteiger partial charge in [-0.25, -0.2) is 0 Å². The Morgan fingerprint density at radius 3 is 3.08 bits per heavy atom. The molecule has 0 fully saturated rings. The fraction of sp³-hybridized carbons (Fsp3) is 0.417. The lowest BCUT2D eigenvalue weighted by Gasteiger charge is -2.21. The first kappa shape index (κ1) is 8.49. The van der Waals surface area contributed by atoms with Crippen LogP contribution in [0.4, 0.5) is 0 Å². The molecule has 0 aromatic carbocycles. The number of hydrogen-bond donors (Lipinski definition) is 0. The monoisotopic (exact) mass is 173 g/mol. The van der Waals surface area contributed by atoms with E-state index in [1.54, 1.807) is 0 Å². The standard InChI is InChI=1S/C12H15N/c1-3-10-5-4-6-11-8-13-7-9(2)12(10)11/h4,6-8,10H,3,5H2,1-2H3. The van der Waals surface area contributed by atoms with E-state index in [0.717, 1.165) is 0 Å². The second-order valence-electron chi connectivity index (χ2n) is 3.70. The van der Waals surface area contributed by atoms with Crippen LogP contribution in [0, 0.1) is 6.92 Å². The van der Waals surface area contributed by atoms with Crippen LogP contribution in [0.25, 0.3) is 6.08 Å². The Labute approximate surface area is 79.5 Å². The summed E-state index contributed by atoms with van der Waals surface area (Å²) in [7, 11) is 0. The van der Waals surface area contributed by atoms with Crippen molar-refractivity contribution in [3.63, 3.8) is 0 Å². The Hall–Kier alpha value is -1.11. The van der Waals surface area contributed by atoms with Gasteiger partial charge in [-0.05, 0) is 42.4 Å². The van der Waals surface area contributed by atoms with Crippen molar-refractivity contribution in [3.8, 4) is 0 Å². The van der Waals surface area contributed by atoms with E-state index in [1.165, 1.54) is 29.5 Å². The minimum absolute atomic E-state index is 0.711. The minimum atomic E-state index is 0.711. The quantitative estimate of drug-likeness (QED) is 0.635. The van der Waals surface area contributed by atoms with Gasteiger partial charge in [-0.15, -0.1) is 0 Å². The molecule has 2 rings (SSSR count). The molecule has 1 atom stereocenters. The first-order valence-electron chi connectivity index (χ1n) is 4.94. The number of aryl methyl sites for hydroxylation is 1. The van der Waals surface area contributed by atoms with Crippen LogP contribution >= 0.6 is 0 Å². The third-order valence-corrected chi connectivity index (χ3v) is 2.84. The highest BCUT2D eigenvalue weighted by atomic mass is 14.6. The first-order valence-corrected chi connectivity index (χ1v) is 4.94. The molecule has 0 bridgehead atoms. The normalized spacial score (nSPS) is 20.0. The summed E-state index contributed by atoms with van der Waals surface area (Å²) in [5, 5.41) is 0. The zero-order chi connectivity index (χ0) is 9.26. The highest BCUT2D eigenvalue weighted by Crippen LogP contribution is 2.33. The van der Waals surface area contributed by atoms with Crippen LogP contribution in [0.3, 0.4) is 0 Å². The summed E-state index contributed by atoms with van der Waals surface area (Å²) >= 11 is 0. The lowest BCUT2D eigenvalue weighted by Crippen LogP contribution is -2.05. The Balaban J connectivity index is 2.54. The maximum atomic E-state index is 4.22. The molecule has 1 nitrogen and oxygen atoms in total. The Morgan fingerprint density at radius 2 is 2.31 bits per heavy atom. The molecule has 1 aromatic heterocycles. The smallest absolute Gasteiger partial charge is 0.0343 e. The molecule has 0 N–H and O–H groups in total. The average molecular weight is 173 g/mol. The van der Waals surface area contributed by atoms with E-state index in [9.17, 15) is 0 Å². The van der Waals surface area contributed by atoms with E-state index in [1.807, 2.05) is 12.4 Å². The Kier molecular flexibility index (Phi) is 2.17. The van der Waals surface area contributed by atoms with Crippen LogP contribution in [0.5, 0.6) is 0 Å². The molecule has 1 heterocycles. The summed E-state index contributed by atoms with van der Waals surface area (Å²) in [5.74, 6) is 0.711. The van der Waals surface area contributed by atoms with Crippen molar-refractivity contribution in [3.05, 3.63) is 35.2 Å². The number of nitrogens with zero attached hydrogens (tertiary/aromatic N) is 1. The van der Waals surface area contributed by atoms with Crippen LogP contribution in [0.15, 0.2) is 18.5 Å². The predicted octanol–water partition coefficient (Wildman–Crippen LogP) is 3.30. The Morgan fingerprint density at radius 1 is 1.46 bits per heavy atom. The molecule has 0 saturated carbocycles. The van der Waals surface area contributed by atoms with Crippen LogP contribution in [0.1, 0.15) is 42.4 Å². The second-order valence-corrected chi connectivity index (χ2v) is 3.70. The molecule has 1 heteroatoms. The molecule has 0 spiro atoms. The largest absolute Gasteiger partial charge is 0.264 e. The van der Waals surface area contributed by atoms with Gasteiger partial charge in [0.2, 0.25) is 0 Å². The summed E-state index contributed by atoms with van der Waals surface area (Å²) in [6, 6.07) is 0. The van der Waals surface area contributed by atoms with Gasteiger partial charge in [0.05, 0.1) is 0 Å². The van der Waals surface area contributed by atoms with Crippen LogP contribution < -0.4 is 0 Å². The molecule has 1 aliphatic rings. The zero-order valence-corrected chi connectivity index (χ0v) is 8.25. The van der Waals surface area contributed by atoms with E-state index >= 15 is 0 Å². The molecule has 1 aromatic rings. The first-order chi connectivity index (χ1) is 6.33. The van der Waals surface area contributed by atoms with Crippen molar-refractivity contribution in [2.45, 2.75) is 32.6 Å².